The summed E-state index contributed by atoms with van der Waals surface area (Å²) >= 11 is 0. The predicted octanol–water partition coefficient (Wildman–Crippen LogP) is 1.63. The first-order valence-electron chi connectivity index (χ1n) is 4.95. The van der Waals surface area contributed by atoms with E-state index in [0.717, 1.165) is 6.42 Å². The van der Waals surface area contributed by atoms with E-state index in [4.69, 9.17) is 8.85 Å². The Morgan fingerprint density at radius 1 is 1.21 bits per heavy atom. The Bertz CT molecular complexity index is 276. The van der Waals surface area contributed by atoms with E-state index in [0.29, 0.717) is 6.61 Å². The van der Waals surface area contributed by atoms with E-state index in [1.165, 1.54) is 10.8 Å². The molecule has 0 aliphatic heterocycles. The molecule has 0 unspecified atom stereocenters. The van der Waals surface area contributed by atoms with Gasteiger partial charge in [-0.05, 0) is 24.1 Å². The summed E-state index contributed by atoms with van der Waals surface area (Å²) in [6.07, 6.45) is 1.03. The third-order valence-corrected chi connectivity index (χ3v) is 3.93. The van der Waals surface area contributed by atoms with Crippen molar-refractivity contribution in [3.8, 4) is 0 Å². The predicted molar refractivity (Wildman–Crippen MR) is 59.8 cm³/mol. The largest absolute Gasteiger partial charge is 0.423 e. The second-order valence-electron chi connectivity index (χ2n) is 2.94. The molecule has 14 heavy (non-hydrogen) atoms. The summed E-state index contributed by atoms with van der Waals surface area (Å²) in [6.45, 7) is 4.86. The fourth-order valence-electron chi connectivity index (χ4n) is 1.41. The van der Waals surface area contributed by atoms with Crippen molar-refractivity contribution in [2.24, 2.45) is 0 Å². The maximum Gasteiger partial charge on any atom is 0.423 e. The Balaban J connectivity index is 2.90. The first-order valence-corrected chi connectivity index (χ1v) is 6.27. The maximum atomic E-state index is 5.60. The summed E-state index contributed by atoms with van der Waals surface area (Å²) in [5.41, 5.74) is 1.33. The molecule has 0 N–H and O–H groups in total. The molecule has 0 saturated heterocycles. The maximum absolute atomic E-state index is 5.60. The van der Waals surface area contributed by atoms with Gasteiger partial charge in [0.05, 0.1) is 0 Å². The molecule has 0 bridgehead atoms. The van der Waals surface area contributed by atoms with Crippen molar-refractivity contribution in [2.75, 3.05) is 13.7 Å². The van der Waals surface area contributed by atoms with Crippen molar-refractivity contribution in [3.05, 3.63) is 29.8 Å². The van der Waals surface area contributed by atoms with E-state index in [2.05, 4.69) is 25.1 Å². The van der Waals surface area contributed by atoms with Crippen LogP contribution < -0.4 is 5.19 Å². The number of benzene rings is 1. The van der Waals surface area contributed by atoms with Crippen LogP contribution in [0.25, 0.3) is 0 Å². The monoisotopic (exact) mass is 209 g/mol. The van der Waals surface area contributed by atoms with E-state index in [1.807, 2.05) is 13.0 Å². The molecule has 1 rings (SSSR count). The minimum atomic E-state index is -1.25. The van der Waals surface area contributed by atoms with Gasteiger partial charge in [-0.25, -0.2) is 0 Å². The molecule has 0 heterocycles. The van der Waals surface area contributed by atoms with Crippen molar-refractivity contribution in [2.45, 2.75) is 20.3 Å². The fraction of sp³-hybridized carbons (Fsp3) is 0.455. The van der Waals surface area contributed by atoms with Crippen LogP contribution in [-0.2, 0) is 15.3 Å². The normalized spacial score (nSPS) is 10.9. The van der Waals surface area contributed by atoms with Crippen molar-refractivity contribution >= 4 is 14.5 Å². The van der Waals surface area contributed by atoms with Gasteiger partial charge in [0.1, 0.15) is 0 Å². The molecule has 0 saturated carbocycles. The van der Waals surface area contributed by atoms with Gasteiger partial charge in [0.2, 0.25) is 0 Å². The Morgan fingerprint density at radius 3 is 2.50 bits per heavy atom. The average Bonchev–Trinajstić information content (AvgIpc) is 2.26. The zero-order valence-electron chi connectivity index (χ0n) is 9.04. The van der Waals surface area contributed by atoms with Gasteiger partial charge < -0.3 is 8.85 Å². The van der Waals surface area contributed by atoms with Gasteiger partial charge in [0, 0.05) is 13.7 Å². The van der Waals surface area contributed by atoms with Crippen molar-refractivity contribution in [1.29, 1.82) is 0 Å². The van der Waals surface area contributed by atoms with Gasteiger partial charge in [-0.2, -0.15) is 0 Å². The topological polar surface area (TPSA) is 18.5 Å². The third-order valence-electron chi connectivity index (χ3n) is 2.08. The lowest BCUT2D eigenvalue weighted by molar-refractivity contribution is 0.253. The number of hydrogen-bond acceptors (Lipinski definition) is 2. The minimum absolute atomic E-state index is 0.709. The van der Waals surface area contributed by atoms with Gasteiger partial charge in [0.15, 0.2) is 0 Å². The van der Waals surface area contributed by atoms with Crippen molar-refractivity contribution in [1.82, 2.24) is 0 Å². The molecule has 0 fully saturated rings. The van der Waals surface area contributed by atoms with E-state index in [9.17, 15) is 0 Å². The molecule has 2 nitrogen and oxygen atoms in total. The number of hydrogen-bond donors (Lipinski definition) is 0. The van der Waals surface area contributed by atoms with Crippen LogP contribution >= 0.6 is 0 Å². The SMILES string of the molecule is CCO[Si](OC)c1ccccc1CC. The van der Waals surface area contributed by atoms with Crippen LogP contribution in [0.15, 0.2) is 24.3 Å². The molecule has 0 amide bonds. The first-order chi connectivity index (χ1) is 6.83. The quantitative estimate of drug-likeness (QED) is 0.686. The molecule has 1 aromatic carbocycles. The lowest BCUT2D eigenvalue weighted by Gasteiger charge is -2.14. The molecule has 0 spiro atoms. The van der Waals surface area contributed by atoms with Crippen LogP contribution in [-0.4, -0.2) is 23.0 Å². The van der Waals surface area contributed by atoms with Crippen LogP contribution in [0, 0.1) is 0 Å². The third kappa shape index (κ3) is 2.67. The van der Waals surface area contributed by atoms with Crippen LogP contribution in [0.2, 0.25) is 0 Å². The summed E-state index contributed by atoms with van der Waals surface area (Å²) in [4.78, 5) is 0. The van der Waals surface area contributed by atoms with Gasteiger partial charge in [-0.1, -0.05) is 31.2 Å². The molecule has 77 valence electrons. The van der Waals surface area contributed by atoms with Gasteiger partial charge in [-0.3, -0.25) is 0 Å². The van der Waals surface area contributed by atoms with Crippen molar-refractivity contribution < 1.29 is 8.85 Å². The molecular formula is C11H17O2Si. The molecular weight excluding hydrogens is 192 g/mol. The molecule has 0 aromatic heterocycles. The van der Waals surface area contributed by atoms with Gasteiger partial charge >= 0.3 is 9.28 Å². The Morgan fingerprint density at radius 2 is 1.93 bits per heavy atom. The molecule has 0 aliphatic rings. The van der Waals surface area contributed by atoms with E-state index < -0.39 is 9.28 Å². The molecule has 3 heteroatoms. The highest BCUT2D eigenvalue weighted by Gasteiger charge is 2.19. The molecule has 0 aliphatic carbocycles. The summed E-state index contributed by atoms with van der Waals surface area (Å²) in [7, 11) is 0.464. The van der Waals surface area contributed by atoms with Gasteiger partial charge in [-0.15, -0.1) is 0 Å². The highest BCUT2D eigenvalue weighted by molar-refractivity contribution is 6.61. The second kappa shape index (κ2) is 5.96. The van der Waals surface area contributed by atoms with Crippen LogP contribution in [0.1, 0.15) is 19.4 Å². The second-order valence-corrected chi connectivity index (χ2v) is 4.75. The highest BCUT2D eigenvalue weighted by Crippen LogP contribution is 2.00. The van der Waals surface area contributed by atoms with Crippen LogP contribution in [0.4, 0.5) is 0 Å². The Labute approximate surface area is 87.7 Å². The van der Waals surface area contributed by atoms with E-state index in [1.54, 1.807) is 7.11 Å². The summed E-state index contributed by atoms with van der Waals surface area (Å²) in [6, 6.07) is 8.34. The standard InChI is InChI=1S/C11H17O2Si/c1-4-10-8-6-7-9-11(10)14(12-3)13-5-2/h6-9H,4-5H2,1-3H3. The lowest BCUT2D eigenvalue weighted by atomic mass is 10.2. The van der Waals surface area contributed by atoms with Crippen molar-refractivity contribution in [3.63, 3.8) is 0 Å². The summed E-state index contributed by atoms with van der Waals surface area (Å²) < 4.78 is 11.0. The van der Waals surface area contributed by atoms with Gasteiger partial charge in [0.25, 0.3) is 0 Å². The number of rotatable bonds is 5. The highest BCUT2D eigenvalue weighted by atomic mass is 28.3. The van der Waals surface area contributed by atoms with E-state index in [-0.39, 0.29) is 0 Å². The van der Waals surface area contributed by atoms with Crippen LogP contribution in [0.3, 0.4) is 0 Å². The fourth-order valence-corrected chi connectivity index (χ4v) is 2.92. The van der Waals surface area contributed by atoms with Crippen LogP contribution in [0.5, 0.6) is 0 Å². The Hall–Kier alpha value is -0.643. The average molecular weight is 209 g/mol. The minimum Gasteiger partial charge on any atom is -0.393 e. The zero-order valence-corrected chi connectivity index (χ0v) is 10.0. The molecule has 0 atom stereocenters. The smallest absolute Gasteiger partial charge is 0.393 e. The lowest BCUT2D eigenvalue weighted by Crippen LogP contribution is -2.38. The Kier molecular flexibility index (Phi) is 4.86. The molecule has 1 radical (unpaired) electrons. The zero-order chi connectivity index (χ0) is 10.4. The summed E-state index contributed by atoms with van der Waals surface area (Å²) in [5.74, 6) is 0. The van der Waals surface area contributed by atoms with E-state index >= 15 is 0 Å². The summed E-state index contributed by atoms with van der Waals surface area (Å²) in [5, 5.41) is 1.24. The number of aryl methyl sites for hydroxylation is 1. The molecule has 1 aromatic rings. The first kappa shape index (κ1) is 11.4.